The van der Waals surface area contributed by atoms with Crippen molar-refractivity contribution >= 4 is 23.3 Å². The Balaban J connectivity index is 2.11. The highest BCUT2D eigenvalue weighted by Gasteiger charge is 2.28. The molecule has 1 aromatic carbocycles. The number of nitrogens with zero attached hydrogens (tertiary/aromatic N) is 1. The Morgan fingerprint density at radius 2 is 1.86 bits per heavy atom. The Morgan fingerprint density at radius 3 is 2.45 bits per heavy atom. The number of alkyl carbamates (subject to hydrolysis) is 1. The van der Waals surface area contributed by atoms with E-state index in [-0.39, 0.29) is 12.5 Å². The summed E-state index contributed by atoms with van der Waals surface area (Å²) in [5.41, 5.74) is 0.509. The Labute approximate surface area is 176 Å². The second-order valence-electron chi connectivity index (χ2n) is 7.73. The summed E-state index contributed by atoms with van der Waals surface area (Å²) in [6.45, 7) is 6.44. The van der Waals surface area contributed by atoms with E-state index >= 15 is 0 Å². The zero-order valence-electron chi connectivity index (χ0n) is 17.5. The number of nitrogens with one attached hydrogen (secondary N) is 1. The van der Waals surface area contributed by atoms with Gasteiger partial charge in [-0.3, -0.25) is 4.79 Å². The molecular formula is C22H30N2O4S. The number of carbonyl (C=O) groups excluding carboxylic acids is 2. The Kier molecular flexibility index (Phi) is 8.67. The van der Waals surface area contributed by atoms with Gasteiger partial charge >= 0.3 is 6.09 Å². The summed E-state index contributed by atoms with van der Waals surface area (Å²) >= 11 is 1.60. The first-order valence-electron chi connectivity index (χ1n) is 9.62. The topological polar surface area (TPSA) is 67.9 Å². The smallest absolute Gasteiger partial charge is 0.408 e. The predicted molar refractivity (Wildman–Crippen MR) is 115 cm³/mol. The van der Waals surface area contributed by atoms with E-state index in [1.54, 1.807) is 37.0 Å². The van der Waals surface area contributed by atoms with Gasteiger partial charge in [-0.2, -0.15) is 0 Å². The third kappa shape index (κ3) is 8.25. The van der Waals surface area contributed by atoms with Crippen molar-refractivity contribution in [2.45, 2.75) is 45.4 Å². The molecule has 29 heavy (non-hydrogen) atoms. The second-order valence-corrected chi connectivity index (χ2v) is 8.76. The van der Waals surface area contributed by atoms with Crippen LogP contribution in [0.3, 0.4) is 0 Å². The summed E-state index contributed by atoms with van der Waals surface area (Å²) in [6, 6.07) is 13.2. The number of benzene rings is 1. The zero-order valence-corrected chi connectivity index (χ0v) is 18.3. The van der Waals surface area contributed by atoms with E-state index in [1.165, 1.54) is 7.11 Å². The molecular weight excluding hydrogens is 388 g/mol. The SMILES string of the molecule is COCC(NC(=O)OC(C)(C)C)C(=O)N(CCc1ccccc1)Cc1cccs1. The van der Waals surface area contributed by atoms with Gasteiger partial charge < -0.3 is 19.7 Å². The molecule has 1 heterocycles. The van der Waals surface area contributed by atoms with Gasteiger partial charge in [-0.1, -0.05) is 36.4 Å². The average Bonchev–Trinajstić information content (AvgIpc) is 3.16. The fourth-order valence-corrected chi connectivity index (χ4v) is 3.50. The first-order chi connectivity index (χ1) is 13.8. The monoisotopic (exact) mass is 418 g/mol. The molecule has 0 spiro atoms. The number of hydrogen-bond acceptors (Lipinski definition) is 5. The number of thiophene rings is 1. The molecule has 1 aromatic heterocycles. The van der Waals surface area contributed by atoms with Crippen molar-refractivity contribution in [1.29, 1.82) is 0 Å². The lowest BCUT2D eigenvalue weighted by Gasteiger charge is -2.28. The van der Waals surface area contributed by atoms with Crippen LogP contribution in [-0.2, 0) is 27.2 Å². The first-order valence-corrected chi connectivity index (χ1v) is 10.5. The fourth-order valence-electron chi connectivity index (χ4n) is 2.78. The van der Waals surface area contributed by atoms with E-state index < -0.39 is 17.7 Å². The molecule has 0 fully saturated rings. The molecule has 0 saturated carbocycles. The fraction of sp³-hybridized carbons (Fsp3) is 0.455. The van der Waals surface area contributed by atoms with E-state index in [1.807, 2.05) is 47.8 Å². The van der Waals surface area contributed by atoms with Crippen molar-refractivity contribution < 1.29 is 19.1 Å². The minimum Gasteiger partial charge on any atom is -0.444 e. The molecule has 7 heteroatoms. The number of methoxy groups -OCH3 is 1. The van der Waals surface area contributed by atoms with Crippen LogP contribution >= 0.6 is 11.3 Å². The van der Waals surface area contributed by atoms with Crippen LogP contribution in [0.4, 0.5) is 4.79 Å². The standard InChI is InChI=1S/C22H30N2O4S/c1-22(2,3)28-21(26)23-19(16-27-4)20(25)24(15-18-11-8-14-29-18)13-12-17-9-6-5-7-10-17/h5-11,14,19H,12-13,15-16H2,1-4H3,(H,23,26). The number of ether oxygens (including phenoxy) is 2. The lowest BCUT2D eigenvalue weighted by Crippen LogP contribution is -2.52. The van der Waals surface area contributed by atoms with Gasteiger partial charge in [-0.05, 0) is 44.2 Å². The van der Waals surface area contributed by atoms with E-state index in [0.717, 1.165) is 16.9 Å². The van der Waals surface area contributed by atoms with Crippen molar-refractivity contribution in [3.8, 4) is 0 Å². The highest BCUT2D eigenvalue weighted by molar-refractivity contribution is 7.09. The van der Waals surface area contributed by atoms with Crippen LogP contribution < -0.4 is 5.32 Å². The van der Waals surface area contributed by atoms with Crippen molar-refractivity contribution in [3.05, 3.63) is 58.3 Å². The summed E-state index contributed by atoms with van der Waals surface area (Å²) in [5, 5.41) is 4.65. The lowest BCUT2D eigenvalue weighted by atomic mass is 10.1. The third-order valence-electron chi connectivity index (χ3n) is 4.07. The number of hydrogen-bond donors (Lipinski definition) is 1. The normalized spacial score (nSPS) is 12.3. The Hall–Kier alpha value is -2.38. The van der Waals surface area contributed by atoms with E-state index in [4.69, 9.17) is 9.47 Å². The average molecular weight is 419 g/mol. The molecule has 2 rings (SSSR count). The third-order valence-corrected chi connectivity index (χ3v) is 4.94. The quantitative estimate of drug-likeness (QED) is 0.671. The highest BCUT2D eigenvalue weighted by atomic mass is 32.1. The van der Waals surface area contributed by atoms with Gasteiger partial charge in [0.2, 0.25) is 5.91 Å². The van der Waals surface area contributed by atoms with Gasteiger partial charge in [0.15, 0.2) is 0 Å². The van der Waals surface area contributed by atoms with Gasteiger partial charge in [0.1, 0.15) is 11.6 Å². The van der Waals surface area contributed by atoms with Gasteiger partial charge in [0.25, 0.3) is 0 Å². The minimum absolute atomic E-state index is 0.0738. The number of amides is 2. The van der Waals surface area contributed by atoms with E-state index in [0.29, 0.717) is 13.1 Å². The van der Waals surface area contributed by atoms with Crippen LogP contribution in [0.15, 0.2) is 47.8 Å². The molecule has 0 aliphatic rings. The molecule has 1 atom stereocenters. The molecule has 1 N–H and O–H groups in total. The van der Waals surface area contributed by atoms with Crippen LogP contribution in [0, 0.1) is 0 Å². The summed E-state index contributed by atoms with van der Waals surface area (Å²) < 4.78 is 10.5. The molecule has 0 bridgehead atoms. The molecule has 2 amide bonds. The maximum Gasteiger partial charge on any atom is 0.408 e. The Morgan fingerprint density at radius 1 is 1.14 bits per heavy atom. The van der Waals surface area contributed by atoms with Crippen molar-refractivity contribution in [2.24, 2.45) is 0 Å². The summed E-state index contributed by atoms with van der Waals surface area (Å²) in [5.74, 6) is -0.193. The van der Waals surface area contributed by atoms with Crippen LogP contribution in [0.25, 0.3) is 0 Å². The van der Waals surface area contributed by atoms with Crippen molar-refractivity contribution in [3.63, 3.8) is 0 Å². The van der Waals surface area contributed by atoms with Crippen LogP contribution in [-0.4, -0.2) is 48.8 Å². The largest absolute Gasteiger partial charge is 0.444 e. The molecule has 6 nitrogen and oxygen atoms in total. The first kappa shape index (κ1) is 22.9. The maximum atomic E-state index is 13.3. The van der Waals surface area contributed by atoms with Crippen LogP contribution in [0.2, 0.25) is 0 Å². The summed E-state index contributed by atoms with van der Waals surface area (Å²) in [7, 11) is 1.50. The molecule has 0 aliphatic carbocycles. The summed E-state index contributed by atoms with van der Waals surface area (Å²) in [4.78, 5) is 28.3. The van der Waals surface area contributed by atoms with Gasteiger partial charge in [0.05, 0.1) is 13.2 Å². The highest BCUT2D eigenvalue weighted by Crippen LogP contribution is 2.14. The van der Waals surface area contributed by atoms with E-state index in [2.05, 4.69) is 5.32 Å². The predicted octanol–water partition coefficient (Wildman–Crippen LogP) is 3.86. The van der Waals surface area contributed by atoms with Gasteiger partial charge in [0, 0.05) is 18.5 Å². The van der Waals surface area contributed by atoms with Crippen LogP contribution in [0.1, 0.15) is 31.2 Å². The number of rotatable bonds is 9. The molecule has 2 aromatic rings. The molecule has 158 valence electrons. The zero-order chi connectivity index (χ0) is 21.3. The molecule has 0 saturated heterocycles. The number of carbonyl (C=O) groups is 2. The summed E-state index contributed by atoms with van der Waals surface area (Å²) in [6.07, 6.45) is 0.0939. The molecule has 1 unspecified atom stereocenters. The van der Waals surface area contributed by atoms with Crippen molar-refractivity contribution in [1.82, 2.24) is 10.2 Å². The van der Waals surface area contributed by atoms with Crippen LogP contribution in [0.5, 0.6) is 0 Å². The lowest BCUT2D eigenvalue weighted by molar-refractivity contribution is -0.135. The van der Waals surface area contributed by atoms with Gasteiger partial charge in [-0.15, -0.1) is 11.3 Å². The molecule has 0 radical (unpaired) electrons. The maximum absolute atomic E-state index is 13.3. The minimum atomic E-state index is -0.814. The van der Waals surface area contributed by atoms with Crippen molar-refractivity contribution in [2.75, 3.05) is 20.3 Å². The second kappa shape index (κ2) is 11.0. The molecule has 0 aliphatic heterocycles. The Bertz CT molecular complexity index is 757. The van der Waals surface area contributed by atoms with Gasteiger partial charge in [-0.25, -0.2) is 4.79 Å². The van der Waals surface area contributed by atoms with E-state index in [9.17, 15) is 9.59 Å².